The van der Waals surface area contributed by atoms with E-state index in [0.29, 0.717) is 18.7 Å². The van der Waals surface area contributed by atoms with E-state index in [2.05, 4.69) is 15.4 Å². The fraction of sp³-hybridized carbons (Fsp3) is 0.130. The van der Waals surface area contributed by atoms with Crippen molar-refractivity contribution in [1.82, 2.24) is 5.32 Å². The van der Waals surface area contributed by atoms with Gasteiger partial charge in [-0.05, 0) is 48.4 Å². The molecule has 0 radical (unpaired) electrons. The number of carbonyl (C=O) groups is 2. The number of amides is 2. The molecule has 0 atom stereocenters. The summed E-state index contributed by atoms with van der Waals surface area (Å²) in [6.07, 6.45) is -4.15. The van der Waals surface area contributed by atoms with Gasteiger partial charge in [0.1, 0.15) is 5.75 Å². The summed E-state index contributed by atoms with van der Waals surface area (Å²) in [7, 11) is 0. The van der Waals surface area contributed by atoms with Gasteiger partial charge in [-0.25, -0.2) is 0 Å². The van der Waals surface area contributed by atoms with Crippen LogP contribution in [0.5, 0.6) is 5.75 Å². The second kappa shape index (κ2) is 9.80. The van der Waals surface area contributed by atoms with E-state index in [-0.39, 0.29) is 17.0 Å². The van der Waals surface area contributed by atoms with Gasteiger partial charge in [0.2, 0.25) is 0 Å². The van der Waals surface area contributed by atoms with Crippen LogP contribution >= 0.6 is 0 Å². The van der Waals surface area contributed by atoms with Crippen molar-refractivity contribution in [3.63, 3.8) is 0 Å². The Kier molecular flexibility index (Phi) is 6.92. The molecule has 0 aliphatic rings. The summed E-state index contributed by atoms with van der Waals surface area (Å²) >= 11 is 0. The summed E-state index contributed by atoms with van der Waals surface area (Å²) in [5, 5.41) is 5.44. The number of nitrogens with one attached hydrogen (secondary N) is 2. The molecule has 0 saturated heterocycles. The van der Waals surface area contributed by atoms with Crippen molar-refractivity contribution >= 4 is 17.5 Å². The lowest BCUT2D eigenvalue weighted by atomic mass is 10.1. The number of anilines is 1. The van der Waals surface area contributed by atoms with Crippen molar-refractivity contribution in [1.29, 1.82) is 0 Å². The van der Waals surface area contributed by atoms with Crippen LogP contribution in [0, 0.1) is 0 Å². The molecule has 0 aliphatic carbocycles. The van der Waals surface area contributed by atoms with E-state index in [1.54, 1.807) is 24.3 Å². The Morgan fingerprint density at radius 1 is 0.806 bits per heavy atom. The minimum absolute atomic E-state index is 0.119. The van der Waals surface area contributed by atoms with E-state index in [0.717, 1.165) is 17.7 Å². The number of benzene rings is 3. The average Bonchev–Trinajstić information content (AvgIpc) is 2.74. The van der Waals surface area contributed by atoms with E-state index in [1.807, 2.05) is 30.3 Å². The van der Waals surface area contributed by atoms with Crippen LogP contribution in [0.3, 0.4) is 0 Å². The van der Waals surface area contributed by atoms with Crippen LogP contribution in [-0.4, -0.2) is 24.7 Å². The van der Waals surface area contributed by atoms with E-state index in [1.165, 1.54) is 12.1 Å². The maximum atomic E-state index is 12.6. The zero-order valence-corrected chi connectivity index (χ0v) is 16.3. The van der Waals surface area contributed by atoms with Crippen molar-refractivity contribution in [3.05, 3.63) is 95.6 Å². The van der Waals surface area contributed by atoms with Gasteiger partial charge in [0.05, 0.1) is 11.3 Å². The monoisotopic (exact) mass is 428 g/mol. The molecule has 0 unspecified atom stereocenters. The maximum absolute atomic E-state index is 12.6. The maximum Gasteiger partial charge on any atom is 0.573 e. The Labute approximate surface area is 176 Å². The average molecular weight is 428 g/mol. The van der Waals surface area contributed by atoms with Crippen LogP contribution in [0.25, 0.3) is 0 Å². The molecule has 0 heterocycles. The highest BCUT2D eigenvalue weighted by atomic mass is 19.4. The van der Waals surface area contributed by atoms with Gasteiger partial charge in [-0.1, -0.05) is 42.5 Å². The quantitative estimate of drug-likeness (QED) is 0.568. The first-order valence-corrected chi connectivity index (χ1v) is 9.40. The van der Waals surface area contributed by atoms with Crippen LogP contribution in [0.4, 0.5) is 18.9 Å². The molecule has 0 fully saturated rings. The Balaban J connectivity index is 1.63. The van der Waals surface area contributed by atoms with E-state index < -0.39 is 18.0 Å². The van der Waals surface area contributed by atoms with Crippen molar-refractivity contribution in [2.75, 3.05) is 11.9 Å². The molecule has 0 aromatic heterocycles. The summed E-state index contributed by atoms with van der Waals surface area (Å²) in [5.74, 6) is -1.34. The van der Waals surface area contributed by atoms with Crippen molar-refractivity contribution < 1.29 is 27.5 Å². The lowest BCUT2D eigenvalue weighted by Gasteiger charge is -2.12. The third-order valence-electron chi connectivity index (χ3n) is 4.31. The van der Waals surface area contributed by atoms with Crippen LogP contribution in [-0.2, 0) is 6.42 Å². The first kappa shape index (κ1) is 21.9. The van der Waals surface area contributed by atoms with Gasteiger partial charge in [0.15, 0.2) is 0 Å². The predicted molar refractivity (Wildman–Crippen MR) is 110 cm³/mol. The molecule has 8 heteroatoms. The second-order valence-electron chi connectivity index (χ2n) is 6.56. The summed E-state index contributed by atoms with van der Waals surface area (Å²) < 4.78 is 40.6. The number of halogens is 3. The lowest BCUT2D eigenvalue weighted by molar-refractivity contribution is -0.274. The van der Waals surface area contributed by atoms with Crippen LogP contribution in [0.2, 0.25) is 0 Å². The topological polar surface area (TPSA) is 67.4 Å². The molecule has 0 bridgehead atoms. The largest absolute Gasteiger partial charge is 0.573 e. The van der Waals surface area contributed by atoms with Crippen molar-refractivity contribution in [3.8, 4) is 5.75 Å². The molecule has 160 valence electrons. The smallest absolute Gasteiger partial charge is 0.406 e. The van der Waals surface area contributed by atoms with Crippen molar-refractivity contribution in [2.45, 2.75) is 12.8 Å². The molecule has 31 heavy (non-hydrogen) atoms. The highest BCUT2D eigenvalue weighted by molar-refractivity contribution is 6.09. The van der Waals surface area contributed by atoms with Gasteiger partial charge in [-0.3, -0.25) is 9.59 Å². The highest BCUT2D eigenvalue weighted by Crippen LogP contribution is 2.23. The zero-order chi connectivity index (χ0) is 22.3. The summed E-state index contributed by atoms with van der Waals surface area (Å²) in [6, 6.07) is 20.7. The normalized spacial score (nSPS) is 10.9. The molecule has 3 rings (SSSR count). The Hall–Kier alpha value is -3.81. The van der Waals surface area contributed by atoms with Gasteiger partial charge in [-0.2, -0.15) is 0 Å². The van der Waals surface area contributed by atoms with Gasteiger partial charge >= 0.3 is 6.36 Å². The predicted octanol–water partition coefficient (Wildman–Crippen LogP) is 4.81. The number of rotatable bonds is 7. The number of hydrogen-bond acceptors (Lipinski definition) is 3. The summed E-state index contributed by atoms with van der Waals surface area (Å²) in [6.45, 7) is 0.422. The van der Waals surface area contributed by atoms with Crippen LogP contribution in [0.1, 0.15) is 26.3 Å². The fourth-order valence-corrected chi connectivity index (χ4v) is 2.85. The van der Waals surface area contributed by atoms with Gasteiger partial charge < -0.3 is 15.4 Å². The fourth-order valence-electron chi connectivity index (χ4n) is 2.85. The van der Waals surface area contributed by atoms with Crippen LogP contribution in [0.15, 0.2) is 78.9 Å². The Bertz CT molecular complexity index is 1040. The van der Waals surface area contributed by atoms with Gasteiger partial charge in [0, 0.05) is 12.1 Å². The Morgan fingerprint density at radius 2 is 1.45 bits per heavy atom. The van der Waals surface area contributed by atoms with Crippen LogP contribution < -0.4 is 15.4 Å². The molecule has 0 spiro atoms. The number of ether oxygens (including phenoxy) is 1. The molecular weight excluding hydrogens is 409 g/mol. The summed E-state index contributed by atoms with van der Waals surface area (Å²) in [4.78, 5) is 25.0. The first-order chi connectivity index (χ1) is 14.8. The number of alkyl halides is 3. The third-order valence-corrected chi connectivity index (χ3v) is 4.31. The minimum Gasteiger partial charge on any atom is -0.406 e. The molecule has 0 aliphatic heterocycles. The first-order valence-electron chi connectivity index (χ1n) is 9.40. The van der Waals surface area contributed by atoms with E-state index in [4.69, 9.17) is 0 Å². The minimum atomic E-state index is -4.81. The number of carbonyl (C=O) groups excluding carboxylic acids is 2. The van der Waals surface area contributed by atoms with Gasteiger partial charge in [-0.15, -0.1) is 13.2 Å². The molecular formula is C23H19F3N2O3. The molecule has 0 saturated carbocycles. The van der Waals surface area contributed by atoms with Crippen molar-refractivity contribution in [2.24, 2.45) is 0 Å². The zero-order valence-electron chi connectivity index (χ0n) is 16.3. The molecule has 2 amide bonds. The molecule has 3 aromatic carbocycles. The highest BCUT2D eigenvalue weighted by Gasteiger charge is 2.31. The SMILES string of the molecule is O=C(Nc1ccccc1C(=O)NCCc1ccccc1)c1ccc(OC(F)(F)F)cc1. The second-order valence-corrected chi connectivity index (χ2v) is 6.56. The molecule has 3 aromatic rings. The molecule has 5 nitrogen and oxygen atoms in total. The third kappa shape index (κ3) is 6.60. The molecule has 2 N–H and O–H groups in total. The van der Waals surface area contributed by atoms with Gasteiger partial charge in [0.25, 0.3) is 11.8 Å². The lowest BCUT2D eigenvalue weighted by Crippen LogP contribution is -2.27. The number of para-hydroxylation sites is 1. The number of hydrogen-bond donors (Lipinski definition) is 2. The van der Waals surface area contributed by atoms with E-state index in [9.17, 15) is 22.8 Å². The Morgan fingerprint density at radius 3 is 2.13 bits per heavy atom. The van der Waals surface area contributed by atoms with E-state index >= 15 is 0 Å². The summed E-state index contributed by atoms with van der Waals surface area (Å²) in [5.41, 5.74) is 1.78. The standard InChI is InChI=1S/C23H19F3N2O3/c24-23(25,26)31-18-12-10-17(11-13-18)21(29)28-20-9-5-4-8-19(20)22(30)27-15-14-16-6-2-1-3-7-16/h1-13H,14-15H2,(H,27,30)(H,28,29).